The summed E-state index contributed by atoms with van der Waals surface area (Å²) in [6, 6.07) is 8.70. The number of carbonyl (C=O) groups excluding carboxylic acids is 3. The van der Waals surface area contributed by atoms with Gasteiger partial charge < -0.3 is 43.7 Å². The van der Waals surface area contributed by atoms with E-state index in [1.807, 2.05) is 74.3 Å². The van der Waals surface area contributed by atoms with Gasteiger partial charge in [-0.25, -0.2) is 13.6 Å². The number of H-pyrrole nitrogens is 1. The Labute approximate surface area is 367 Å². The molecule has 15 heteroatoms. The first-order valence-electron chi connectivity index (χ1n) is 22.2. The number of ether oxygens (including phenoxy) is 4. The second-order valence-corrected chi connectivity index (χ2v) is 19.4. The van der Waals surface area contributed by atoms with Crippen molar-refractivity contribution in [2.24, 2.45) is 17.3 Å². The molecule has 1 spiro atoms. The normalized spacial score (nSPS) is 34.4. The van der Waals surface area contributed by atoms with Gasteiger partial charge in [-0.15, -0.1) is 0 Å². The number of rotatable bonds is 8. The van der Waals surface area contributed by atoms with Gasteiger partial charge in [-0.3, -0.25) is 14.5 Å². The Hall–Kier alpha value is -4.73. The third-order valence-corrected chi connectivity index (χ3v) is 16.2. The highest BCUT2D eigenvalue weighted by atomic mass is 19.3. The summed E-state index contributed by atoms with van der Waals surface area (Å²) in [4.78, 5) is 55.1. The summed E-state index contributed by atoms with van der Waals surface area (Å²) < 4.78 is 54.8. The molecular formula is C48H61F2N5O8. The molecule has 2 bridgehead atoms. The maximum absolute atomic E-state index is 15.5. The summed E-state index contributed by atoms with van der Waals surface area (Å²) in [5.74, 6) is -5.96. The Morgan fingerprint density at radius 3 is 2.41 bits per heavy atom. The first kappa shape index (κ1) is 43.5. The topological polar surface area (TPSA) is 137 Å². The minimum absolute atomic E-state index is 0.141. The maximum Gasteiger partial charge on any atom is 0.344 e. The Balaban J connectivity index is 1.36. The van der Waals surface area contributed by atoms with E-state index >= 15 is 13.6 Å². The SMILES string of the molecule is CC[C@]12C=CCN3CC[C@@]4(c5cc([C@@]6(C(=O)OC)C[C@H]7CC(C(C)(F)F)CN(CCc8c6[nH]c6ccc(N(C)C)cc86)C7)c(OC)cc5N(C)[C@H]4[C@@](O)(C(=O)OC)[C@@H]1OC(C)=O)[C@@H]32. The second-order valence-electron chi connectivity index (χ2n) is 19.4. The number of halogens is 2. The molecule has 0 radical (unpaired) electrons. The van der Waals surface area contributed by atoms with Gasteiger partial charge in [-0.1, -0.05) is 19.1 Å². The number of aromatic amines is 1. The Bertz CT molecular complexity index is 2400. The van der Waals surface area contributed by atoms with Crippen LogP contribution in [0.25, 0.3) is 10.9 Å². The zero-order valence-corrected chi connectivity index (χ0v) is 37.8. The van der Waals surface area contributed by atoms with E-state index in [1.165, 1.54) is 21.1 Å². The molecule has 1 saturated carbocycles. The number of hydrogen-bond acceptors (Lipinski definition) is 12. The fraction of sp³-hybridized carbons (Fsp3) is 0.604. The van der Waals surface area contributed by atoms with Crippen LogP contribution in [0.5, 0.6) is 5.75 Å². The number of aromatic nitrogens is 1. The summed E-state index contributed by atoms with van der Waals surface area (Å²) in [7, 11) is 9.91. The van der Waals surface area contributed by atoms with Gasteiger partial charge in [0.05, 0.1) is 27.4 Å². The third-order valence-electron chi connectivity index (χ3n) is 16.2. The molecule has 2 aromatic carbocycles. The van der Waals surface area contributed by atoms with Crippen molar-refractivity contribution in [1.82, 2.24) is 14.8 Å². The van der Waals surface area contributed by atoms with Crippen LogP contribution in [0.3, 0.4) is 0 Å². The molecular weight excluding hydrogens is 813 g/mol. The van der Waals surface area contributed by atoms with Gasteiger partial charge >= 0.3 is 17.9 Å². The summed E-state index contributed by atoms with van der Waals surface area (Å²) in [6.45, 7) is 6.75. The second kappa shape index (κ2) is 14.9. The number of aliphatic hydroxyl groups is 1. The molecule has 2 unspecified atom stereocenters. The standard InChI is InChI=1S/C48H61F2N5O8/c1-10-45-15-11-17-55-19-16-46(39(45)55)33-22-34(37(60-7)23-36(33)53(6)40(46)48(59,43(58)62-9)41(45)63-27(2)56)47(42(57)61-8)24-28-20-29(44(3,49)50)26-54(25-28)18-14-31-32-21-30(52(4)5)12-13-35(32)51-38(31)47/h11-13,15,21-23,28-29,39-41,51,59H,10,14,16-20,24-26H2,1-9H3/t28-,29?,39+,40-,41-,45-,46-,47+,48+/m1/s1. The van der Waals surface area contributed by atoms with Crippen LogP contribution in [0.4, 0.5) is 20.2 Å². The first-order chi connectivity index (χ1) is 29.9. The number of anilines is 2. The molecule has 6 heterocycles. The van der Waals surface area contributed by atoms with Crippen molar-refractivity contribution in [2.75, 3.05) is 85.0 Å². The van der Waals surface area contributed by atoms with Gasteiger partial charge in [0.1, 0.15) is 11.2 Å². The molecule has 2 N–H and O–H groups in total. The maximum atomic E-state index is 15.5. The molecule has 63 heavy (non-hydrogen) atoms. The summed E-state index contributed by atoms with van der Waals surface area (Å²) >= 11 is 0. The molecule has 0 amide bonds. The summed E-state index contributed by atoms with van der Waals surface area (Å²) in [5, 5.41) is 14.3. The number of esters is 3. The molecule has 1 aliphatic carbocycles. The van der Waals surface area contributed by atoms with Crippen molar-refractivity contribution in [1.29, 1.82) is 0 Å². The molecule has 1 aromatic heterocycles. The van der Waals surface area contributed by atoms with Gasteiger partial charge in [-0.05, 0) is 86.9 Å². The minimum Gasteiger partial charge on any atom is -0.496 e. The molecule has 340 valence electrons. The van der Waals surface area contributed by atoms with Crippen LogP contribution in [0.15, 0.2) is 42.5 Å². The quantitative estimate of drug-likeness (QED) is 0.175. The van der Waals surface area contributed by atoms with Crippen LogP contribution < -0.4 is 14.5 Å². The minimum atomic E-state index is -2.94. The number of piperidine rings is 1. The zero-order valence-electron chi connectivity index (χ0n) is 37.8. The van der Waals surface area contributed by atoms with Crippen molar-refractivity contribution >= 4 is 40.2 Å². The largest absolute Gasteiger partial charge is 0.496 e. The van der Waals surface area contributed by atoms with E-state index in [0.717, 1.165) is 34.6 Å². The number of carbonyl (C=O) groups is 3. The molecule has 3 fully saturated rings. The van der Waals surface area contributed by atoms with Gasteiger partial charge in [-0.2, -0.15) is 0 Å². The zero-order chi connectivity index (χ0) is 45.2. The molecule has 2 saturated heterocycles. The number of likely N-dealkylation sites (N-methyl/N-ethyl adjacent to an activating group) is 1. The molecule has 3 aromatic rings. The fourth-order valence-electron chi connectivity index (χ4n) is 13.7. The van der Waals surface area contributed by atoms with Gasteiger partial charge in [0.2, 0.25) is 11.5 Å². The van der Waals surface area contributed by atoms with E-state index in [2.05, 4.69) is 20.9 Å². The van der Waals surface area contributed by atoms with E-state index in [0.29, 0.717) is 68.1 Å². The summed E-state index contributed by atoms with van der Waals surface area (Å²) in [6.07, 6.45) is 4.48. The number of fused-ring (bicyclic) bond motifs is 6. The van der Waals surface area contributed by atoms with Gasteiger partial charge in [0.15, 0.2) is 6.10 Å². The van der Waals surface area contributed by atoms with E-state index < -0.39 is 63.7 Å². The average Bonchev–Trinajstić information content (AvgIpc) is 3.92. The van der Waals surface area contributed by atoms with E-state index in [1.54, 1.807) is 7.11 Å². The highest BCUT2D eigenvalue weighted by Crippen LogP contribution is 2.68. The fourth-order valence-corrected chi connectivity index (χ4v) is 13.7. The van der Waals surface area contributed by atoms with Gasteiger partial charge in [0, 0.05) is 117 Å². The van der Waals surface area contributed by atoms with E-state index in [4.69, 9.17) is 18.9 Å². The Kier molecular flexibility index (Phi) is 10.3. The van der Waals surface area contributed by atoms with Crippen LogP contribution in [0.2, 0.25) is 0 Å². The van der Waals surface area contributed by atoms with E-state index in [-0.39, 0.29) is 31.3 Å². The lowest BCUT2D eigenvalue weighted by atomic mass is 9.47. The average molecular weight is 874 g/mol. The lowest BCUT2D eigenvalue weighted by molar-refractivity contribution is -0.228. The van der Waals surface area contributed by atoms with Gasteiger partial charge in [0.25, 0.3) is 0 Å². The predicted molar refractivity (Wildman–Crippen MR) is 234 cm³/mol. The van der Waals surface area contributed by atoms with Crippen LogP contribution >= 0.6 is 0 Å². The Morgan fingerprint density at radius 2 is 1.76 bits per heavy atom. The molecule has 9 rings (SSSR count). The number of hydrogen-bond donors (Lipinski definition) is 2. The number of alkyl halides is 2. The summed E-state index contributed by atoms with van der Waals surface area (Å²) in [5.41, 5.74) is -0.659. The lowest BCUT2D eigenvalue weighted by Crippen LogP contribution is -2.81. The molecule has 13 nitrogen and oxygen atoms in total. The van der Waals surface area contributed by atoms with Crippen LogP contribution in [0.1, 0.15) is 68.8 Å². The Morgan fingerprint density at radius 1 is 1.02 bits per heavy atom. The monoisotopic (exact) mass is 873 g/mol. The van der Waals surface area contributed by atoms with Crippen LogP contribution in [0, 0.1) is 17.3 Å². The van der Waals surface area contributed by atoms with Crippen molar-refractivity contribution < 1.29 is 47.2 Å². The first-order valence-corrected chi connectivity index (χ1v) is 22.2. The van der Waals surface area contributed by atoms with Crippen molar-refractivity contribution in [3.63, 3.8) is 0 Å². The molecule has 6 aliphatic rings. The number of nitrogens with zero attached hydrogens (tertiary/aromatic N) is 4. The van der Waals surface area contributed by atoms with E-state index in [9.17, 15) is 14.7 Å². The third kappa shape index (κ3) is 5.90. The van der Waals surface area contributed by atoms with Crippen molar-refractivity contribution in [2.45, 2.75) is 93.4 Å². The number of methoxy groups -OCH3 is 3. The molecule has 10 atom stereocenters. The highest BCUT2D eigenvalue weighted by molar-refractivity contribution is 5.96. The molecule has 5 aliphatic heterocycles. The lowest BCUT2D eigenvalue weighted by Gasteiger charge is -2.63. The smallest absolute Gasteiger partial charge is 0.344 e. The van der Waals surface area contributed by atoms with Crippen molar-refractivity contribution in [3.8, 4) is 5.75 Å². The number of nitrogens with one attached hydrogen (secondary N) is 1. The number of benzene rings is 2. The highest BCUT2D eigenvalue weighted by Gasteiger charge is 2.80. The van der Waals surface area contributed by atoms with Crippen molar-refractivity contribution in [3.05, 3.63) is 64.9 Å². The van der Waals surface area contributed by atoms with Crippen LogP contribution in [-0.4, -0.2) is 143 Å². The van der Waals surface area contributed by atoms with Crippen LogP contribution in [-0.2, 0) is 45.8 Å². The predicted octanol–water partition coefficient (Wildman–Crippen LogP) is 5.19.